The molecule has 2 atom stereocenters. The lowest BCUT2D eigenvalue weighted by atomic mass is 9.84. The third kappa shape index (κ3) is 3.50. The zero-order chi connectivity index (χ0) is 13.7. The van der Waals surface area contributed by atoms with Crippen molar-refractivity contribution < 1.29 is 9.90 Å². The van der Waals surface area contributed by atoms with Crippen LogP contribution < -0.4 is 0 Å². The lowest BCUT2D eigenvalue weighted by Crippen LogP contribution is -2.43. The second kappa shape index (κ2) is 6.73. The first-order valence-electron chi connectivity index (χ1n) is 7.51. The molecule has 1 heterocycles. The van der Waals surface area contributed by atoms with Gasteiger partial charge in [0.05, 0.1) is 0 Å². The molecule has 108 valence electrons. The smallest absolute Gasteiger partial charge is 0.321 e. The van der Waals surface area contributed by atoms with E-state index in [9.17, 15) is 9.90 Å². The minimum absolute atomic E-state index is 0.388. The number of unbranched alkanes of at least 4 members (excludes halogenated alkanes) is 5. The van der Waals surface area contributed by atoms with Crippen LogP contribution in [0.5, 0.6) is 0 Å². The van der Waals surface area contributed by atoms with Gasteiger partial charge in [-0.2, -0.15) is 5.11 Å². The Bertz CT molecular complexity index is 344. The monoisotopic (exact) mass is 284 g/mol. The van der Waals surface area contributed by atoms with Crippen LogP contribution in [0.4, 0.5) is 0 Å². The number of carboxylic acids is 1. The molecule has 1 N–H and O–H groups in total. The largest absolute Gasteiger partial charge is 0.480 e. The molecule has 1 aliphatic heterocycles. The summed E-state index contributed by atoms with van der Waals surface area (Å²) in [5, 5.41) is 13.3. The highest BCUT2D eigenvalue weighted by Gasteiger charge is 2.56. The van der Waals surface area contributed by atoms with E-state index in [1.165, 1.54) is 32.1 Å². The summed E-state index contributed by atoms with van der Waals surface area (Å²) in [6.45, 7) is 2.22. The number of carbonyl (C=O) groups is 1. The molecule has 0 saturated heterocycles. The molecule has 0 aromatic heterocycles. The summed E-state index contributed by atoms with van der Waals surface area (Å²) in [4.78, 5) is 11.4. The summed E-state index contributed by atoms with van der Waals surface area (Å²) in [6.07, 6.45) is 10.6. The van der Waals surface area contributed by atoms with Crippen molar-refractivity contribution >= 4 is 17.9 Å². The molecular weight excluding hydrogens is 260 g/mol. The van der Waals surface area contributed by atoms with Gasteiger partial charge in [0.25, 0.3) is 0 Å². The van der Waals surface area contributed by atoms with Crippen molar-refractivity contribution in [2.24, 2.45) is 15.6 Å². The predicted octanol–water partition coefficient (Wildman–Crippen LogP) is 4.45. The van der Waals surface area contributed by atoms with Crippen molar-refractivity contribution in [2.45, 2.75) is 75.5 Å². The summed E-state index contributed by atoms with van der Waals surface area (Å²) in [6, 6.07) is 0. The maximum atomic E-state index is 11.4. The quantitative estimate of drug-likeness (QED) is 0.502. The fourth-order valence-electron chi connectivity index (χ4n) is 3.00. The summed E-state index contributed by atoms with van der Waals surface area (Å²) in [5.41, 5.74) is -0.388. The third-order valence-electron chi connectivity index (χ3n) is 4.27. The van der Waals surface area contributed by atoms with E-state index < -0.39 is 11.2 Å². The molecule has 4 nitrogen and oxygen atoms in total. The van der Waals surface area contributed by atoms with Gasteiger partial charge in [-0.3, -0.25) is 4.79 Å². The van der Waals surface area contributed by atoms with Gasteiger partial charge in [0.2, 0.25) is 0 Å². The SMILES string of the molecule is CCCCCCCCC1(C2CC2)N=NSC1C(=O)O. The van der Waals surface area contributed by atoms with E-state index in [2.05, 4.69) is 16.6 Å². The van der Waals surface area contributed by atoms with Crippen LogP contribution >= 0.6 is 11.9 Å². The van der Waals surface area contributed by atoms with Crippen LogP contribution in [0, 0.1) is 5.92 Å². The van der Waals surface area contributed by atoms with Gasteiger partial charge in [-0.15, -0.1) is 4.52 Å². The molecule has 0 aromatic carbocycles. The first kappa shape index (κ1) is 14.8. The Morgan fingerprint density at radius 3 is 2.58 bits per heavy atom. The number of hydrogen-bond donors (Lipinski definition) is 1. The van der Waals surface area contributed by atoms with E-state index in [4.69, 9.17) is 0 Å². The number of hydrogen-bond acceptors (Lipinski definition) is 4. The van der Waals surface area contributed by atoms with Crippen LogP contribution in [0.25, 0.3) is 0 Å². The maximum absolute atomic E-state index is 11.4. The Hall–Kier alpha value is -0.580. The lowest BCUT2D eigenvalue weighted by molar-refractivity contribution is -0.137. The summed E-state index contributed by atoms with van der Waals surface area (Å²) in [5.74, 6) is -0.282. The van der Waals surface area contributed by atoms with Crippen LogP contribution in [0.1, 0.15) is 64.7 Å². The van der Waals surface area contributed by atoms with E-state index in [0.717, 1.165) is 37.6 Å². The Morgan fingerprint density at radius 2 is 1.95 bits per heavy atom. The second-order valence-electron chi connectivity index (χ2n) is 5.79. The average molecular weight is 284 g/mol. The van der Waals surface area contributed by atoms with Gasteiger partial charge in [0.15, 0.2) is 5.25 Å². The topological polar surface area (TPSA) is 62.0 Å². The number of rotatable bonds is 9. The highest BCUT2D eigenvalue weighted by atomic mass is 32.2. The normalized spacial score (nSPS) is 29.8. The molecule has 0 spiro atoms. The van der Waals surface area contributed by atoms with E-state index in [1.807, 2.05) is 0 Å². The van der Waals surface area contributed by atoms with E-state index in [1.54, 1.807) is 0 Å². The van der Waals surface area contributed by atoms with Crippen molar-refractivity contribution in [2.75, 3.05) is 0 Å². The van der Waals surface area contributed by atoms with Gasteiger partial charge in [-0.05, 0) is 25.2 Å². The van der Waals surface area contributed by atoms with E-state index >= 15 is 0 Å². The molecule has 1 fully saturated rings. The third-order valence-corrected chi connectivity index (χ3v) is 5.27. The number of nitrogens with zero attached hydrogens (tertiary/aromatic N) is 2. The molecule has 2 unspecified atom stereocenters. The molecule has 19 heavy (non-hydrogen) atoms. The van der Waals surface area contributed by atoms with Gasteiger partial charge in [-0.1, -0.05) is 45.4 Å². The molecule has 0 radical (unpaired) electrons. The first-order chi connectivity index (χ1) is 9.20. The minimum atomic E-state index is -0.743. The number of carboxylic acid groups (broad SMARTS) is 1. The van der Waals surface area contributed by atoms with Crippen LogP contribution in [-0.4, -0.2) is 21.9 Å². The molecular formula is C14H24N2O2S. The van der Waals surface area contributed by atoms with Gasteiger partial charge in [0.1, 0.15) is 5.54 Å². The van der Waals surface area contributed by atoms with E-state index in [-0.39, 0.29) is 5.54 Å². The van der Waals surface area contributed by atoms with Crippen LogP contribution in [0.3, 0.4) is 0 Å². The predicted molar refractivity (Wildman–Crippen MR) is 77.3 cm³/mol. The summed E-state index contributed by atoms with van der Waals surface area (Å²) < 4.78 is 3.99. The molecule has 0 aromatic rings. The molecule has 2 aliphatic rings. The first-order valence-corrected chi connectivity index (χ1v) is 8.35. The zero-order valence-electron chi connectivity index (χ0n) is 11.7. The van der Waals surface area contributed by atoms with Gasteiger partial charge < -0.3 is 5.11 Å². The maximum Gasteiger partial charge on any atom is 0.321 e. The average Bonchev–Trinajstić information content (AvgIpc) is 3.15. The van der Waals surface area contributed by atoms with Gasteiger partial charge in [0, 0.05) is 11.9 Å². The molecule has 5 heteroatoms. The number of aliphatic carboxylic acids is 1. The van der Waals surface area contributed by atoms with Crippen molar-refractivity contribution in [3.8, 4) is 0 Å². The van der Waals surface area contributed by atoms with Crippen molar-refractivity contribution in [3.05, 3.63) is 0 Å². The highest BCUT2D eigenvalue weighted by Crippen LogP contribution is 2.53. The fraction of sp³-hybridized carbons (Fsp3) is 0.929. The van der Waals surface area contributed by atoms with Crippen LogP contribution in [-0.2, 0) is 4.79 Å². The van der Waals surface area contributed by atoms with Crippen LogP contribution in [0.2, 0.25) is 0 Å². The highest BCUT2D eigenvalue weighted by molar-refractivity contribution is 7.99. The summed E-state index contributed by atoms with van der Waals surface area (Å²) in [7, 11) is 0. The van der Waals surface area contributed by atoms with Crippen molar-refractivity contribution in [1.82, 2.24) is 0 Å². The zero-order valence-corrected chi connectivity index (χ0v) is 12.5. The second-order valence-corrected chi connectivity index (χ2v) is 6.63. The standard InChI is InChI=1S/C14H24N2O2S/c1-2-3-4-5-6-7-10-14(11-8-9-11)12(13(17)18)19-16-15-14/h11-12H,2-10H2,1H3,(H,17,18). The van der Waals surface area contributed by atoms with Gasteiger partial charge in [-0.25, -0.2) is 0 Å². The Morgan fingerprint density at radius 1 is 1.26 bits per heavy atom. The Balaban J connectivity index is 1.83. The van der Waals surface area contributed by atoms with Crippen molar-refractivity contribution in [3.63, 3.8) is 0 Å². The minimum Gasteiger partial charge on any atom is -0.480 e. The van der Waals surface area contributed by atoms with Crippen LogP contribution in [0.15, 0.2) is 9.63 Å². The molecule has 1 aliphatic carbocycles. The molecule has 0 bridgehead atoms. The van der Waals surface area contributed by atoms with Crippen molar-refractivity contribution in [1.29, 1.82) is 0 Å². The lowest BCUT2D eigenvalue weighted by Gasteiger charge is -2.28. The van der Waals surface area contributed by atoms with E-state index in [0.29, 0.717) is 5.92 Å². The summed E-state index contributed by atoms with van der Waals surface area (Å²) >= 11 is 1.16. The Labute approximate surface area is 119 Å². The Kier molecular flexibility index (Phi) is 5.25. The molecule has 0 amide bonds. The fourth-order valence-corrected chi connectivity index (χ4v) is 3.93. The molecule has 2 rings (SSSR count). The molecule has 1 saturated carbocycles. The van der Waals surface area contributed by atoms with Gasteiger partial charge >= 0.3 is 5.97 Å².